The molecule has 1 saturated heterocycles. The van der Waals surface area contributed by atoms with Crippen LogP contribution in [0.5, 0.6) is 0 Å². The number of carbonyl (C=O) groups excluding carboxylic acids is 1. The van der Waals surface area contributed by atoms with E-state index in [1.807, 2.05) is 0 Å². The van der Waals surface area contributed by atoms with E-state index in [-0.39, 0.29) is 30.4 Å². The van der Waals surface area contributed by atoms with Crippen molar-refractivity contribution in [1.29, 1.82) is 0 Å². The number of piperidine rings is 1. The van der Waals surface area contributed by atoms with Gasteiger partial charge in [-0.05, 0) is 69.1 Å². The molecule has 3 rings (SSSR count). The third kappa shape index (κ3) is 7.62. The van der Waals surface area contributed by atoms with Gasteiger partial charge in [0.05, 0.1) is 11.2 Å². The lowest BCUT2D eigenvalue weighted by atomic mass is 9.74. The van der Waals surface area contributed by atoms with Gasteiger partial charge in [0.15, 0.2) is 0 Å². The van der Waals surface area contributed by atoms with Gasteiger partial charge in [0.1, 0.15) is 5.82 Å². The molecule has 5 N–H and O–H groups in total. The molecule has 3 atom stereocenters. The second-order valence-electron chi connectivity index (χ2n) is 10.5. The zero-order valence-corrected chi connectivity index (χ0v) is 21.2. The molecule has 0 bridgehead atoms. The van der Waals surface area contributed by atoms with E-state index < -0.39 is 11.2 Å². The zero-order chi connectivity index (χ0) is 25.3. The Bertz CT molecular complexity index is 804. The Kier molecular flexibility index (Phi) is 10.3. The largest absolute Gasteiger partial charge is 0.390 e. The molecule has 2 aliphatic rings. The number of carbonyl (C=O) groups is 1. The summed E-state index contributed by atoms with van der Waals surface area (Å²) in [4.78, 5) is 14.9. The standard InChI is InChI=1S/C27H44FN3O4/c1-35-16-6-5-14-27(34,21-9-7-11-23(28)17-21)22-10-8-15-31(20-22)25(32)30-24(19-29)18-26(33)12-3-2-4-13-26/h7,9,11,17,22,24,33-34H,2-6,8,10,12-16,18-20,29H2,1H3,(H,30,32)/t22-,24+,27-/m1/s1. The minimum Gasteiger partial charge on any atom is -0.390 e. The first-order chi connectivity index (χ1) is 16.8. The van der Waals surface area contributed by atoms with Crippen LogP contribution in [0.1, 0.15) is 76.2 Å². The molecule has 0 aromatic heterocycles. The third-order valence-electron chi connectivity index (χ3n) is 7.89. The summed E-state index contributed by atoms with van der Waals surface area (Å²) in [6.07, 6.45) is 8.59. The molecule has 0 unspecified atom stereocenters. The van der Waals surface area contributed by atoms with Crippen molar-refractivity contribution in [1.82, 2.24) is 10.2 Å². The summed E-state index contributed by atoms with van der Waals surface area (Å²) in [6.45, 7) is 1.83. The topological polar surface area (TPSA) is 108 Å². The number of nitrogens with zero attached hydrogens (tertiary/aromatic N) is 1. The third-order valence-corrected chi connectivity index (χ3v) is 7.89. The number of nitrogens with one attached hydrogen (secondary N) is 1. The fraction of sp³-hybridized carbons (Fsp3) is 0.741. The fourth-order valence-electron chi connectivity index (χ4n) is 5.87. The number of benzene rings is 1. The fourth-order valence-corrected chi connectivity index (χ4v) is 5.87. The Balaban J connectivity index is 1.68. The number of nitrogens with two attached hydrogens (primary N) is 1. The molecule has 1 heterocycles. The number of rotatable bonds is 11. The van der Waals surface area contributed by atoms with E-state index >= 15 is 0 Å². The van der Waals surface area contributed by atoms with Crippen LogP contribution in [0.25, 0.3) is 0 Å². The van der Waals surface area contributed by atoms with Crippen LogP contribution >= 0.6 is 0 Å². The normalized spacial score (nSPS) is 22.9. The molecular formula is C27H44FN3O4. The molecule has 35 heavy (non-hydrogen) atoms. The van der Waals surface area contributed by atoms with Crippen molar-refractivity contribution < 1.29 is 24.1 Å². The maximum absolute atomic E-state index is 14.1. The number of likely N-dealkylation sites (tertiary alicyclic amines) is 1. The molecule has 8 heteroatoms. The summed E-state index contributed by atoms with van der Waals surface area (Å²) in [5.74, 6) is -0.597. The van der Waals surface area contributed by atoms with Crippen LogP contribution in [0.2, 0.25) is 0 Å². The number of unbranched alkanes of at least 4 members (excludes halogenated alkanes) is 1. The molecule has 1 aromatic carbocycles. The van der Waals surface area contributed by atoms with Crippen LogP contribution in [-0.4, -0.2) is 66.1 Å². The Hall–Kier alpha value is -1.74. The maximum atomic E-state index is 14.1. The average molecular weight is 494 g/mol. The van der Waals surface area contributed by atoms with Gasteiger partial charge in [0, 0.05) is 45.3 Å². The summed E-state index contributed by atoms with van der Waals surface area (Å²) < 4.78 is 19.2. The predicted octanol–water partition coefficient (Wildman–Crippen LogP) is 3.66. The first-order valence-corrected chi connectivity index (χ1v) is 13.2. The Labute approximate surface area is 209 Å². The van der Waals surface area contributed by atoms with Crippen LogP contribution in [0, 0.1) is 11.7 Å². The van der Waals surface area contributed by atoms with Crippen LogP contribution in [-0.2, 0) is 10.3 Å². The Morgan fingerprint density at radius 2 is 2.09 bits per heavy atom. The van der Waals surface area contributed by atoms with Gasteiger partial charge in [-0.1, -0.05) is 31.4 Å². The van der Waals surface area contributed by atoms with Gasteiger partial charge >= 0.3 is 6.03 Å². The number of methoxy groups -OCH3 is 1. The van der Waals surface area contributed by atoms with E-state index in [0.29, 0.717) is 38.1 Å². The summed E-state index contributed by atoms with van der Waals surface area (Å²) in [6, 6.07) is 5.66. The predicted molar refractivity (Wildman–Crippen MR) is 134 cm³/mol. The van der Waals surface area contributed by atoms with E-state index in [1.54, 1.807) is 24.1 Å². The second-order valence-corrected chi connectivity index (χ2v) is 10.5. The molecule has 1 aromatic rings. The van der Waals surface area contributed by atoms with Gasteiger partial charge in [-0.2, -0.15) is 0 Å². The molecule has 2 fully saturated rings. The smallest absolute Gasteiger partial charge is 0.317 e. The minimum absolute atomic E-state index is 0.217. The van der Waals surface area contributed by atoms with E-state index in [1.165, 1.54) is 12.1 Å². The van der Waals surface area contributed by atoms with Crippen LogP contribution in [0.15, 0.2) is 24.3 Å². The highest BCUT2D eigenvalue weighted by atomic mass is 19.1. The average Bonchev–Trinajstić information content (AvgIpc) is 2.86. The number of halogens is 1. The van der Waals surface area contributed by atoms with Crippen LogP contribution in [0.3, 0.4) is 0 Å². The molecule has 2 amide bonds. The number of amides is 2. The molecule has 1 saturated carbocycles. The lowest BCUT2D eigenvalue weighted by Gasteiger charge is -2.43. The molecule has 0 radical (unpaired) electrons. The van der Waals surface area contributed by atoms with Gasteiger partial charge in [-0.15, -0.1) is 0 Å². The Morgan fingerprint density at radius 3 is 2.77 bits per heavy atom. The zero-order valence-electron chi connectivity index (χ0n) is 21.2. The molecule has 1 aliphatic heterocycles. The van der Waals surface area contributed by atoms with Crippen molar-refractivity contribution in [2.75, 3.05) is 33.4 Å². The summed E-state index contributed by atoms with van der Waals surface area (Å²) >= 11 is 0. The summed E-state index contributed by atoms with van der Waals surface area (Å²) in [7, 11) is 1.65. The highest BCUT2D eigenvalue weighted by Crippen LogP contribution is 2.40. The quantitative estimate of drug-likeness (QED) is 0.352. The number of aliphatic hydroxyl groups is 2. The molecule has 0 spiro atoms. The van der Waals surface area contributed by atoms with E-state index in [2.05, 4.69) is 5.32 Å². The van der Waals surface area contributed by atoms with Gasteiger partial charge in [0.25, 0.3) is 0 Å². The monoisotopic (exact) mass is 493 g/mol. The number of hydrogen-bond donors (Lipinski definition) is 4. The number of urea groups is 1. The first-order valence-electron chi connectivity index (χ1n) is 13.2. The van der Waals surface area contributed by atoms with Crippen molar-refractivity contribution in [3.8, 4) is 0 Å². The van der Waals surface area contributed by atoms with E-state index in [9.17, 15) is 19.4 Å². The van der Waals surface area contributed by atoms with Gasteiger partial charge in [0.2, 0.25) is 0 Å². The number of ether oxygens (including phenoxy) is 1. The van der Waals surface area contributed by atoms with Gasteiger partial charge in [-0.25, -0.2) is 9.18 Å². The first kappa shape index (κ1) is 27.8. The van der Waals surface area contributed by atoms with Crippen molar-refractivity contribution in [3.05, 3.63) is 35.6 Å². The lowest BCUT2D eigenvalue weighted by Crippen LogP contribution is -2.55. The molecule has 198 valence electrons. The maximum Gasteiger partial charge on any atom is 0.317 e. The SMILES string of the molecule is COCCCC[C@@](O)(c1cccc(F)c1)[C@@H]1CCCN(C(=O)N[C@H](CN)CC2(O)CCCCC2)C1. The Morgan fingerprint density at radius 1 is 1.31 bits per heavy atom. The van der Waals surface area contributed by atoms with Crippen molar-refractivity contribution in [3.63, 3.8) is 0 Å². The van der Waals surface area contributed by atoms with Crippen LogP contribution in [0.4, 0.5) is 9.18 Å². The highest BCUT2D eigenvalue weighted by Gasteiger charge is 2.41. The summed E-state index contributed by atoms with van der Waals surface area (Å²) in [5.41, 5.74) is 4.52. The van der Waals surface area contributed by atoms with Gasteiger partial charge in [-0.3, -0.25) is 0 Å². The molecular weight excluding hydrogens is 449 g/mol. The van der Waals surface area contributed by atoms with E-state index in [4.69, 9.17) is 10.5 Å². The molecule has 1 aliphatic carbocycles. The molecule has 7 nitrogen and oxygen atoms in total. The lowest BCUT2D eigenvalue weighted by molar-refractivity contribution is -0.0567. The van der Waals surface area contributed by atoms with Crippen molar-refractivity contribution in [2.24, 2.45) is 11.7 Å². The number of hydrogen-bond acceptors (Lipinski definition) is 5. The van der Waals surface area contributed by atoms with Crippen molar-refractivity contribution >= 4 is 6.03 Å². The van der Waals surface area contributed by atoms with Crippen molar-refractivity contribution in [2.45, 2.75) is 87.9 Å². The minimum atomic E-state index is -1.24. The van der Waals surface area contributed by atoms with Gasteiger partial charge < -0.3 is 30.9 Å². The van der Waals surface area contributed by atoms with Crippen LogP contribution < -0.4 is 11.1 Å². The van der Waals surface area contributed by atoms with E-state index in [0.717, 1.165) is 57.8 Å². The highest BCUT2D eigenvalue weighted by molar-refractivity contribution is 5.74. The second kappa shape index (κ2) is 13.0. The summed E-state index contributed by atoms with van der Waals surface area (Å²) in [5, 5.41) is 25.8.